The SMILES string of the molecule is CC(C)Cc1ccc(C(=O)C2CCN(CC(O)COC(C)C)CC2)cc1. The Kier molecular flexibility index (Phi) is 8.26. The van der Waals surface area contributed by atoms with Crippen molar-refractivity contribution >= 4 is 5.78 Å². The van der Waals surface area contributed by atoms with Crippen molar-refractivity contribution in [1.82, 2.24) is 4.90 Å². The summed E-state index contributed by atoms with van der Waals surface area (Å²) in [5.41, 5.74) is 2.13. The van der Waals surface area contributed by atoms with Crippen LogP contribution in [0, 0.1) is 11.8 Å². The zero-order chi connectivity index (χ0) is 19.1. The maximum atomic E-state index is 12.8. The third-order valence-corrected chi connectivity index (χ3v) is 4.93. The van der Waals surface area contributed by atoms with Crippen molar-refractivity contribution in [2.75, 3.05) is 26.2 Å². The topological polar surface area (TPSA) is 49.8 Å². The number of piperidine rings is 1. The van der Waals surface area contributed by atoms with Gasteiger partial charge in [-0.25, -0.2) is 0 Å². The van der Waals surface area contributed by atoms with Crippen molar-refractivity contribution in [1.29, 1.82) is 0 Å². The van der Waals surface area contributed by atoms with Gasteiger partial charge in [-0.3, -0.25) is 4.79 Å². The van der Waals surface area contributed by atoms with Crippen LogP contribution in [0.25, 0.3) is 0 Å². The fourth-order valence-electron chi connectivity index (χ4n) is 3.54. The van der Waals surface area contributed by atoms with E-state index in [4.69, 9.17) is 4.74 Å². The van der Waals surface area contributed by atoms with Gasteiger partial charge < -0.3 is 14.7 Å². The molecule has 1 aliphatic rings. The number of rotatable bonds is 9. The van der Waals surface area contributed by atoms with Gasteiger partial charge in [0, 0.05) is 18.0 Å². The number of hydrogen-bond donors (Lipinski definition) is 1. The summed E-state index contributed by atoms with van der Waals surface area (Å²) in [6, 6.07) is 8.15. The second kappa shape index (κ2) is 10.2. The summed E-state index contributed by atoms with van der Waals surface area (Å²) >= 11 is 0. The summed E-state index contributed by atoms with van der Waals surface area (Å²) in [5, 5.41) is 10.1. The van der Waals surface area contributed by atoms with Gasteiger partial charge in [-0.1, -0.05) is 38.1 Å². The van der Waals surface area contributed by atoms with Gasteiger partial charge in [0.15, 0.2) is 5.78 Å². The summed E-state index contributed by atoms with van der Waals surface area (Å²) < 4.78 is 5.47. The monoisotopic (exact) mass is 361 g/mol. The van der Waals surface area contributed by atoms with Gasteiger partial charge >= 0.3 is 0 Å². The predicted octanol–water partition coefficient (Wildman–Crippen LogP) is 3.57. The third-order valence-electron chi connectivity index (χ3n) is 4.93. The fourth-order valence-corrected chi connectivity index (χ4v) is 3.54. The Balaban J connectivity index is 1.79. The second-order valence-electron chi connectivity index (χ2n) is 8.27. The quantitative estimate of drug-likeness (QED) is 0.683. The van der Waals surface area contributed by atoms with Crippen molar-refractivity contribution in [3.8, 4) is 0 Å². The molecular formula is C22H35NO3. The average Bonchev–Trinajstić information content (AvgIpc) is 2.60. The van der Waals surface area contributed by atoms with Gasteiger partial charge in [0.1, 0.15) is 0 Å². The first-order chi connectivity index (χ1) is 12.3. The van der Waals surface area contributed by atoms with Crippen LogP contribution in [0.4, 0.5) is 0 Å². The van der Waals surface area contributed by atoms with Gasteiger partial charge in [0.05, 0.1) is 18.8 Å². The fraction of sp³-hybridized carbons (Fsp3) is 0.682. The van der Waals surface area contributed by atoms with Crippen LogP contribution in [0.2, 0.25) is 0 Å². The molecule has 2 rings (SSSR count). The summed E-state index contributed by atoms with van der Waals surface area (Å²) in [6.45, 7) is 11.1. The molecule has 0 spiro atoms. The van der Waals surface area contributed by atoms with Crippen LogP contribution >= 0.6 is 0 Å². The van der Waals surface area contributed by atoms with Crippen molar-refractivity contribution in [2.45, 2.75) is 59.2 Å². The highest BCUT2D eigenvalue weighted by Crippen LogP contribution is 2.22. The predicted molar refractivity (Wildman–Crippen MR) is 106 cm³/mol. The average molecular weight is 362 g/mol. The lowest BCUT2D eigenvalue weighted by Crippen LogP contribution is -2.41. The van der Waals surface area contributed by atoms with E-state index < -0.39 is 6.10 Å². The lowest BCUT2D eigenvalue weighted by molar-refractivity contribution is -0.0120. The summed E-state index contributed by atoms with van der Waals surface area (Å²) in [7, 11) is 0. The number of nitrogens with zero attached hydrogens (tertiary/aromatic N) is 1. The van der Waals surface area contributed by atoms with Crippen molar-refractivity contribution in [2.24, 2.45) is 11.8 Å². The Labute approximate surface area is 158 Å². The van der Waals surface area contributed by atoms with Crippen molar-refractivity contribution < 1.29 is 14.6 Å². The number of carbonyl (C=O) groups excluding carboxylic acids is 1. The molecule has 0 aromatic heterocycles. The number of aliphatic hydroxyl groups excluding tert-OH is 1. The number of aliphatic hydroxyl groups is 1. The molecule has 1 aromatic carbocycles. The van der Waals surface area contributed by atoms with Crippen LogP contribution in [0.15, 0.2) is 24.3 Å². The molecule has 4 heteroatoms. The largest absolute Gasteiger partial charge is 0.389 e. The van der Waals surface area contributed by atoms with Crippen LogP contribution in [0.1, 0.15) is 56.5 Å². The second-order valence-corrected chi connectivity index (χ2v) is 8.27. The molecule has 0 amide bonds. The Morgan fingerprint density at radius 1 is 1.15 bits per heavy atom. The molecule has 0 aliphatic carbocycles. The zero-order valence-electron chi connectivity index (χ0n) is 16.8. The van der Waals surface area contributed by atoms with E-state index in [1.54, 1.807) is 0 Å². The van der Waals surface area contributed by atoms with Gasteiger partial charge in [-0.15, -0.1) is 0 Å². The molecule has 26 heavy (non-hydrogen) atoms. The number of carbonyl (C=O) groups is 1. The smallest absolute Gasteiger partial charge is 0.166 e. The number of β-amino-alcohol motifs (C(OH)–C–C–N with tert-alkyl or cyclic N) is 1. The summed E-state index contributed by atoms with van der Waals surface area (Å²) in [4.78, 5) is 15.0. The minimum atomic E-state index is -0.460. The molecule has 4 nitrogen and oxygen atoms in total. The maximum absolute atomic E-state index is 12.8. The molecule has 1 aromatic rings. The molecule has 1 heterocycles. The number of hydrogen-bond acceptors (Lipinski definition) is 4. The van der Waals surface area contributed by atoms with Crippen LogP contribution < -0.4 is 0 Å². The van der Waals surface area contributed by atoms with E-state index in [1.165, 1.54) is 5.56 Å². The highest BCUT2D eigenvalue weighted by molar-refractivity contribution is 5.97. The minimum Gasteiger partial charge on any atom is -0.389 e. The zero-order valence-corrected chi connectivity index (χ0v) is 16.8. The van der Waals surface area contributed by atoms with E-state index in [-0.39, 0.29) is 17.8 Å². The maximum Gasteiger partial charge on any atom is 0.166 e. The van der Waals surface area contributed by atoms with Gasteiger partial charge in [-0.05, 0) is 57.7 Å². The Morgan fingerprint density at radius 2 is 1.77 bits per heavy atom. The Morgan fingerprint density at radius 3 is 2.31 bits per heavy atom. The first kappa shape index (κ1) is 21.1. The molecule has 1 atom stereocenters. The minimum absolute atomic E-state index is 0.103. The highest BCUT2D eigenvalue weighted by Gasteiger charge is 2.26. The van der Waals surface area contributed by atoms with Crippen LogP contribution in [0.5, 0.6) is 0 Å². The molecule has 0 saturated carbocycles. The van der Waals surface area contributed by atoms with E-state index in [9.17, 15) is 9.90 Å². The number of ether oxygens (including phenoxy) is 1. The summed E-state index contributed by atoms with van der Waals surface area (Å²) in [5.74, 6) is 0.998. The first-order valence-corrected chi connectivity index (χ1v) is 10.00. The van der Waals surface area contributed by atoms with E-state index in [0.717, 1.165) is 37.9 Å². The number of benzene rings is 1. The molecule has 1 unspecified atom stereocenters. The molecule has 1 N–H and O–H groups in total. The third kappa shape index (κ3) is 6.82. The van der Waals surface area contributed by atoms with E-state index >= 15 is 0 Å². The van der Waals surface area contributed by atoms with E-state index in [0.29, 0.717) is 19.1 Å². The molecule has 1 fully saturated rings. The van der Waals surface area contributed by atoms with Gasteiger partial charge in [0.25, 0.3) is 0 Å². The van der Waals surface area contributed by atoms with Crippen molar-refractivity contribution in [3.63, 3.8) is 0 Å². The lowest BCUT2D eigenvalue weighted by atomic mass is 9.88. The lowest BCUT2D eigenvalue weighted by Gasteiger charge is -2.32. The molecule has 146 valence electrons. The molecular weight excluding hydrogens is 326 g/mol. The summed E-state index contributed by atoms with van der Waals surface area (Å²) in [6.07, 6.45) is 2.46. The molecule has 0 bridgehead atoms. The molecule has 1 aliphatic heterocycles. The normalized spacial score (nSPS) is 17.8. The van der Waals surface area contributed by atoms with Gasteiger partial charge in [0.2, 0.25) is 0 Å². The van der Waals surface area contributed by atoms with Gasteiger partial charge in [-0.2, -0.15) is 0 Å². The number of ketones is 1. The highest BCUT2D eigenvalue weighted by atomic mass is 16.5. The van der Waals surface area contributed by atoms with E-state index in [2.05, 4.69) is 30.9 Å². The molecule has 1 saturated heterocycles. The van der Waals surface area contributed by atoms with Crippen LogP contribution in [-0.2, 0) is 11.2 Å². The Hall–Kier alpha value is -1.23. The van der Waals surface area contributed by atoms with E-state index in [1.807, 2.05) is 26.0 Å². The van der Waals surface area contributed by atoms with Crippen LogP contribution in [-0.4, -0.2) is 54.2 Å². The number of Topliss-reactive ketones (excluding diaryl/α,β-unsaturated/α-hetero) is 1. The van der Waals surface area contributed by atoms with Crippen LogP contribution in [0.3, 0.4) is 0 Å². The Bertz CT molecular complexity index is 545. The van der Waals surface area contributed by atoms with Crippen molar-refractivity contribution in [3.05, 3.63) is 35.4 Å². The number of likely N-dealkylation sites (tertiary alicyclic amines) is 1. The standard InChI is InChI=1S/C22H35NO3/c1-16(2)13-18-5-7-19(8-6-18)22(25)20-9-11-23(12-10-20)14-21(24)15-26-17(3)4/h5-8,16-17,20-21,24H,9-15H2,1-4H3. The molecule has 0 radical (unpaired) electrons. The first-order valence-electron chi connectivity index (χ1n) is 10.00.